The van der Waals surface area contributed by atoms with Gasteiger partial charge in [0.1, 0.15) is 11.6 Å². The lowest BCUT2D eigenvalue weighted by atomic mass is 9.75. The summed E-state index contributed by atoms with van der Waals surface area (Å²) in [5.74, 6) is 0.541. The van der Waals surface area contributed by atoms with Gasteiger partial charge >= 0.3 is 0 Å². The number of benzene rings is 2. The molecule has 110 valence electrons. The fourth-order valence-electron chi connectivity index (χ4n) is 2.88. The summed E-state index contributed by atoms with van der Waals surface area (Å²) in [5.41, 5.74) is 7.42. The van der Waals surface area contributed by atoms with Crippen molar-refractivity contribution in [3.05, 3.63) is 64.4 Å². The molecule has 2 nitrogen and oxygen atoms in total. The number of hydrogen-bond acceptors (Lipinski definition) is 2. The molecule has 0 bridgehead atoms. The lowest BCUT2D eigenvalue weighted by Gasteiger charge is -2.37. The summed E-state index contributed by atoms with van der Waals surface area (Å²) in [6.45, 7) is 0.930. The molecule has 0 fully saturated rings. The first kappa shape index (κ1) is 14.4. The maximum atomic E-state index is 14.1. The van der Waals surface area contributed by atoms with E-state index in [1.807, 2.05) is 24.3 Å². The van der Waals surface area contributed by atoms with Crippen LogP contribution in [0.5, 0.6) is 5.75 Å². The Bertz CT molecular complexity index is 661. The molecule has 0 saturated carbocycles. The van der Waals surface area contributed by atoms with E-state index >= 15 is 0 Å². The van der Waals surface area contributed by atoms with Crippen molar-refractivity contribution in [1.82, 2.24) is 0 Å². The van der Waals surface area contributed by atoms with Gasteiger partial charge in [0.05, 0.1) is 11.6 Å². The molecule has 0 amide bonds. The van der Waals surface area contributed by atoms with Crippen LogP contribution in [-0.4, -0.2) is 13.2 Å². The molecule has 0 aromatic heterocycles. The largest absolute Gasteiger partial charge is 0.493 e. The van der Waals surface area contributed by atoms with Gasteiger partial charge in [-0.25, -0.2) is 4.39 Å². The maximum absolute atomic E-state index is 14.1. The minimum absolute atomic E-state index is 0.150. The van der Waals surface area contributed by atoms with Crippen molar-refractivity contribution >= 4 is 11.6 Å². The topological polar surface area (TPSA) is 35.2 Å². The first-order chi connectivity index (χ1) is 10.1. The zero-order chi connectivity index (χ0) is 14.9. The average molecular weight is 306 g/mol. The summed E-state index contributed by atoms with van der Waals surface area (Å²) >= 11 is 5.86. The highest BCUT2D eigenvalue weighted by molar-refractivity contribution is 6.30. The first-order valence-corrected chi connectivity index (χ1v) is 7.35. The van der Waals surface area contributed by atoms with Gasteiger partial charge in [-0.3, -0.25) is 0 Å². The molecule has 3 rings (SSSR count). The Morgan fingerprint density at radius 2 is 2.00 bits per heavy atom. The predicted octanol–water partition coefficient (Wildman–Crippen LogP) is 3.60. The zero-order valence-corrected chi connectivity index (χ0v) is 12.4. The molecule has 2 N–H and O–H groups in total. The van der Waals surface area contributed by atoms with Crippen LogP contribution in [0, 0.1) is 11.2 Å². The number of halogens is 2. The van der Waals surface area contributed by atoms with Crippen molar-refractivity contribution in [2.24, 2.45) is 11.1 Å². The van der Waals surface area contributed by atoms with Crippen LogP contribution in [0.25, 0.3) is 0 Å². The summed E-state index contributed by atoms with van der Waals surface area (Å²) in [6, 6.07) is 13.0. The molecule has 2 aromatic carbocycles. The molecule has 0 saturated heterocycles. The Balaban J connectivity index is 1.91. The Kier molecular flexibility index (Phi) is 3.87. The van der Waals surface area contributed by atoms with Crippen molar-refractivity contribution in [2.75, 3.05) is 13.2 Å². The van der Waals surface area contributed by atoms with Crippen LogP contribution < -0.4 is 10.5 Å². The van der Waals surface area contributed by atoms with Gasteiger partial charge in [0.25, 0.3) is 0 Å². The van der Waals surface area contributed by atoms with Crippen LogP contribution >= 0.6 is 11.6 Å². The van der Waals surface area contributed by atoms with Crippen molar-refractivity contribution in [3.63, 3.8) is 0 Å². The lowest BCUT2D eigenvalue weighted by Crippen LogP contribution is -2.43. The van der Waals surface area contributed by atoms with Crippen LogP contribution in [0.3, 0.4) is 0 Å². The van der Waals surface area contributed by atoms with Gasteiger partial charge < -0.3 is 10.5 Å². The number of hydrogen-bond donors (Lipinski definition) is 1. The van der Waals surface area contributed by atoms with Crippen molar-refractivity contribution < 1.29 is 9.13 Å². The number of fused-ring (bicyclic) bond motifs is 1. The van der Waals surface area contributed by atoms with Crippen LogP contribution in [0.1, 0.15) is 11.1 Å². The number of nitrogens with two attached hydrogens (primary N) is 1. The third-order valence-corrected chi connectivity index (χ3v) is 4.39. The smallest absolute Gasteiger partial charge is 0.144 e. The fraction of sp³-hybridized carbons (Fsp3) is 0.294. The Morgan fingerprint density at radius 1 is 1.19 bits per heavy atom. The third kappa shape index (κ3) is 2.76. The predicted molar refractivity (Wildman–Crippen MR) is 82.2 cm³/mol. The first-order valence-electron chi connectivity index (χ1n) is 6.97. The number of ether oxygens (including phenoxy) is 1. The molecular weight excluding hydrogens is 289 g/mol. The van der Waals surface area contributed by atoms with E-state index < -0.39 is 0 Å². The molecule has 1 aliphatic rings. The van der Waals surface area contributed by atoms with E-state index in [1.165, 1.54) is 0 Å². The van der Waals surface area contributed by atoms with Gasteiger partial charge in [0.2, 0.25) is 0 Å². The molecule has 0 radical (unpaired) electrons. The molecular formula is C17H17ClFNO. The van der Waals surface area contributed by atoms with Crippen molar-refractivity contribution in [2.45, 2.75) is 12.8 Å². The van der Waals surface area contributed by atoms with E-state index in [4.69, 9.17) is 22.1 Å². The Morgan fingerprint density at radius 3 is 2.81 bits per heavy atom. The van der Waals surface area contributed by atoms with E-state index in [2.05, 4.69) is 0 Å². The monoisotopic (exact) mass is 305 g/mol. The van der Waals surface area contributed by atoms with Gasteiger partial charge in [-0.05, 0) is 36.1 Å². The molecule has 1 heterocycles. The fourth-order valence-corrected chi connectivity index (χ4v) is 3.08. The quantitative estimate of drug-likeness (QED) is 0.940. The Hall–Kier alpha value is -1.58. The molecule has 21 heavy (non-hydrogen) atoms. The van der Waals surface area contributed by atoms with Gasteiger partial charge in [0.15, 0.2) is 0 Å². The van der Waals surface area contributed by atoms with Crippen molar-refractivity contribution in [1.29, 1.82) is 0 Å². The number of para-hydroxylation sites is 1. The van der Waals surface area contributed by atoms with Gasteiger partial charge in [-0.15, -0.1) is 0 Å². The summed E-state index contributed by atoms with van der Waals surface area (Å²) in [7, 11) is 0. The van der Waals surface area contributed by atoms with E-state index in [1.54, 1.807) is 18.2 Å². The summed E-state index contributed by atoms with van der Waals surface area (Å²) in [5, 5.41) is 0.150. The second-order valence-electron chi connectivity index (χ2n) is 5.67. The van der Waals surface area contributed by atoms with Gasteiger partial charge in [-0.2, -0.15) is 0 Å². The summed E-state index contributed by atoms with van der Waals surface area (Å²) in [6.07, 6.45) is 1.30. The summed E-state index contributed by atoms with van der Waals surface area (Å²) < 4.78 is 20.0. The lowest BCUT2D eigenvalue weighted by molar-refractivity contribution is 0.125. The normalized spacial score (nSPS) is 20.7. The zero-order valence-electron chi connectivity index (χ0n) is 11.6. The standard InChI is InChI=1S/C17H17ClFNO/c18-14-6-3-5-13(16(14)19)9-17(10-20)8-12-4-1-2-7-15(12)21-11-17/h1-7H,8-11,20H2. The Labute approximate surface area is 128 Å². The van der Waals surface area contributed by atoms with Crippen LogP contribution in [-0.2, 0) is 12.8 Å². The van der Waals surface area contributed by atoms with E-state index in [-0.39, 0.29) is 16.3 Å². The van der Waals surface area contributed by atoms with Crippen LogP contribution in [0.2, 0.25) is 5.02 Å². The molecule has 0 aliphatic carbocycles. The highest BCUT2D eigenvalue weighted by atomic mass is 35.5. The number of rotatable bonds is 3. The van der Waals surface area contributed by atoms with Gasteiger partial charge in [-0.1, -0.05) is 41.9 Å². The molecule has 1 aliphatic heterocycles. The molecule has 0 spiro atoms. The molecule has 1 unspecified atom stereocenters. The second-order valence-corrected chi connectivity index (χ2v) is 6.07. The van der Waals surface area contributed by atoms with E-state index in [0.29, 0.717) is 25.1 Å². The highest BCUT2D eigenvalue weighted by Gasteiger charge is 2.35. The van der Waals surface area contributed by atoms with E-state index in [9.17, 15) is 4.39 Å². The van der Waals surface area contributed by atoms with Crippen LogP contribution in [0.4, 0.5) is 4.39 Å². The van der Waals surface area contributed by atoms with Crippen LogP contribution in [0.15, 0.2) is 42.5 Å². The van der Waals surface area contributed by atoms with Crippen molar-refractivity contribution in [3.8, 4) is 5.75 Å². The third-order valence-electron chi connectivity index (χ3n) is 4.10. The second kappa shape index (κ2) is 5.66. The minimum Gasteiger partial charge on any atom is -0.493 e. The SMILES string of the molecule is NCC1(Cc2cccc(Cl)c2F)COc2ccccc2C1. The molecule has 4 heteroatoms. The summed E-state index contributed by atoms with van der Waals surface area (Å²) in [4.78, 5) is 0. The van der Waals surface area contributed by atoms with E-state index in [0.717, 1.165) is 17.7 Å². The highest BCUT2D eigenvalue weighted by Crippen LogP contribution is 2.37. The average Bonchev–Trinajstić information content (AvgIpc) is 2.52. The maximum Gasteiger partial charge on any atom is 0.144 e. The molecule has 1 atom stereocenters. The minimum atomic E-state index is -0.356. The molecule has 2 aromatic rings. The van der Waals surface area contributed by atoms with Gasteiger partial charge in [0, 0.05) is 12.0 Å².